The van der Waals surface area contributed by atoms with E-state index in [-0.39, 0.29) is 16.8 Å². The fourth-order valence-electron chi connectivity index (χ4n) is 2.12. The number of nitrogens with zero attached hydrogens (tertiary/aromatic N) is 1. The molecule has 0 spiro atoms. The van der Waals surface area contributed by atoms with E-state index in [2.05, 4.69) is 10.1 Å². The minimum Gasteiger partial charge on any atom is -0.478 e. The van der Waals surface area contributed by atoms with Crippen LogP contribution in [0.2, 0.25) is 0 Å². The maximum atomic E-state index is 12.3. The standard InChI is InChI=1S/C19H14N2O5/c1-26-19(25)13-8-6-12(7-9-13)10-14(11-20)17(22)21-16-5-3-2-4-15(16)18(23)24/h2-10H,1H3,(H,21,22)(H,23,24). The predicted molar refractivity (Wildman–Crippen MR) is 93.4 cm³/mol. The summed E-state index contributed by atoms with van der Waals surface area (Å²) >= 11 is 0. The lowest BCUT2D eigenvalue weighted by Gasteiger charge is -2.07. The molecule has 2 N–H and O–H groups in total. The van der Waals surface area contributed by atoms with Crippen LogP contribution in [0.4, 0.5) is 5.69 Å². The first-order chi connectivity index (χ1) is 12.5. The second-order valence-electron chi connectivity index (χ2n) is 5.09. The van der Waals surface area contributed by atoms with Crippen LogP contribution in [0, 0.1) is 11.3 Å². The number of para-hydroxylation sites is 1. The molecule has 0 aliphatic rings. The third kappa shape index (κ3) is 4.33. The van der Waals surface area contributed by atoms with Gasteiger partial charge < -0.3 is 15.2 Å². The number of aromatic carboxylic acids is 1. The molecule has 0 aliphatic heterocycles. The zero-order chi connectivity index (χ0) is 19.1. The van der Waals surface area contributed by atoms with E-state index in [1.807, 2.05) is 0 Å². The molecular formula is C19H14N2O5. The number of esters is 1. The first-order valence-electron chi connectivity index (χ1n) is 7.40. The molecule has 0 radical (unpaired) electrons. The first kappa shape index (κ1) is 18.4. The summed E-state index contributed by atoms with van der Waals surface area (Å²) in [6.07, 6.45) is 1.33. The van der Waals surface area contributed by atoms with Gasteiger partial charge in [-0.2, -0.15) is 5.26 Å². The van der Waals surface area contributed by atoms with Gasteiger partial charge in [-0.25, -0.2) is 9.59 Å². The van der Waals surface area contributed by atoms with Crippen molar-refractivity contribution >= 4 is 29.6 Å². The molecule has 0 aromatic heterocycles. The summed E-state index contributed by atoms with van der Waals surface area (Å²) in [6.45, 7) is 0. The zero-order valence-electron chi connectivity index (χ0n) is 13.7. The van der Waals surface area contributed by atoms with Crippen molar-refractivity contribution < 1.29 is 24.2 Å². The van der Waals surface area contributed by atoms with Crippen LogP contribution < -0.4 is 5.32 Å². The quantitative estimate of drug-likeness (QED) is 0.486. The lowest BCUT2D eigenvalue weighted by molar-refractivity contribution is -0.112. The van der Waals surface area contributed by atoms with Gasteiger partial charge >= 0.3 is 11.9 Å². The van der Waals surface area contributed by atoms with Crippen LogP contribution in [-0.4, -0.2) is 30.1 Å². The van der Waals surface area contributed by atoms with Gasteiger partial charge in [-0.15, -0.1) is 0 Å². The number of methoxy groups -OCH3 is 1. The van der Waals surface area contributed by atoms with Crippen molar-refractivity contribution in [2.45, 2.75) is 0 Å². The topological polar surface area (TPSA) is 116 Å². The van der Waals surface area contributed by atoms with Crippen molar-refractivity contribution in [3.05, 3.63) is 70.8 Å². The molecule has 7 nitrogen and oxygen atoms in total. The summed E-state index contributed by atoms with van der Waals surface area (Å²) in [5, 5.41) is 20.8. The predicted octanol–water partition coefficient (Wildman–Crippen LogP) is 2.72. The van der Waals surface area contributed by atoms with Crippen molar-refractivity contribution in [1.29, 1.82) is 5.26 Å². The number of hydrogen-bond donors (Lipinski definition) is 2. The molecule has 2 rings (SSSR count). The van der Waals surface area contributed by atoms with Crippen molar-refractivity contribution in [3.8, 4) is 6.07 Å². The van der Waals surface area contributed by atoms with E-state index in [4.69, 9.17) is 5.11 Å². The molecule has 0 unspecified atom stereocenters. The molecule has 0 saturated heterocycles. The summed E-state index contributed by atoms with van der Waals surface area (Å²) in [6, 6.07) is 13.8. The maximum Gasteiger partial charge on any atom is 0.337 e. The monoisotopic (exact) mass is 350 g/mol. The second kappa shape index (κ2) is 8.26. The molecule has 0 bridgehead atoms. The van der Waals surface area contributed by atoms with E-state index < -0.39 is 17.8 Å². The Morgan fingerprint density at radius 1 is 1.12 bits per heavy atom. The average Bonchev–Trinajstić information content (AvgIpc) is 2.66. The smallest absolute Gasteiger partial charge is 0.337 e. The summed E-state index contributed by atoms with van der Waals surface area (Å²) in [7, 11) is 1.27. The van der Waals surface area contributed by atoms with Crippen LogP contribution in [0.5, 0.6) is 0 Å². The Hall–Kier alpha value is -3.92. The van der Waals surface area contributed by atoms with Crippen LogP contribution >= 0.6 is 0 Å². The molecule has 0 fully saturated rings. The number of ether oxygens (including phenoxy) is 1. The fraction of sp³-hybridized carbons (Fsp3) is 0.0526. The molecule has 0 aliphatic carbocycles. The van der Waals surface area contributed by atoms with Gasteiger partial charge in [0.25, 0.3) is 5.91 Å². The molecule has 130 valence electrons. The highest BCUT2D eigenvalue weighted by Gasteiger charge is 2.15. The highest BCUT2D eigenvalue weighted by Crippen LogP contribution is 2.17. The fourth-order valence-corrected chi connectivity index (χ4v) is 2.12. The van der Waals surface area contributed by atoms with Crippen LogP contribution in [0.1, 0.15) is 26.3 Å². The van der Waals surface area contributed by atoms with Crippen molar-refractivity contribution in [3.63, 3.8) is 0 Å². The van der Waals surface area contributed by atoms with Gasteiger partial charge in [-0.05, 0) is 35.9 Å². The SMILES string of the molecule is COC(=O)c1ccc(C=C(C#N)C(=O)Nc2ccccc2C(=O)O)cc1. The van der Waals surface area contributed by atoms with Crippen LogP contribution in [0.15, 0.2) is 54.1 Å². The lowest BCUT2D eigenvalue weighted by atomic mass is 10.1. The molecule has 1 amide bonds. The van der Waals surface area contributed by atoms with Crippen LogP contribution in [0.25, 0.3) is 6.08 Å². The van der Waals surface area contributed by atoms with E-state index in [1.54, 1.807) is 24.3 Å². The molecule has 2 aromatic carbocycles. The molecular weight excluding hydrogens is 336 g/mol. The van der Waals surface area contributed by atoms with Crippen LogP contribution in [-0.2, 0) is 9.53 Å². The highest BCUT2D eigenvalue weighted by atomic mass is 16.5. The van der Waals surface area contributed by atoms with E-state index in [0.717, 1.165) is 0 Å². The van der Waals surface area contributed by atoms with Gasteiger partial charge in [0.2, 0.25) is 0 Å². The largest absolute Gasteiger partial charge is 0.478 e. The molecule has 0 heterocycles. The molecule has 0 atom stereocenters. The van der Waals surface area contributed by atoms with E-state index in [1.165, 1.54) is 43.5 Å². The average molecular weight is 350 g/mol. The van der Waals surface area contributed by atoms with Crippen molar-refractivity contribution in [1.82, 2.24) is 0 Å². The minimum atomic E-state index is -1.19. The Bertz CT molecular complexity index is 924. The number of anilines is 1. The minimum absolute atomic E-state index is 0.0828. The molecule has 7 heteroatoms. The van der Waals surface area contributed by atoms with E-state index >= 15 is 0 Å². The Labute approximate surface area is 149 Å². The van der Waals surface area contributed by atoms with Crippen molar-refractivity contribution in [2.75, 3.05) is 12.4 Å². The van der Waals surface area contributed by atoms with E-state index in [0.29, 0.717) is 11.1 Å². The zero-order valence-corrected chi connectivity index (χ0v) is 13.7. The van der Waals surface area contributed by atoms with Gasteiger partial charge in [-0.1, -0.05) is 24.3 Å². The third-order valence-electron chi connectivity index (χ3n) is 3.41. The number of carboxylic acid groups (broad SMARTS) is 1. The van der Waals surface area contributed by atoms with Gasteiger partial charge in [0.1, 0.15) is 11.6 Å². The number of carbonyl (C=O) groups is 3. The van der Waals surface area contributed by atoms with Gasteiger partial charge in [-0.3, -0.25) is 4.79 Å². The lowest BCUT2D eigenvalue weighted by Crippen LogP contribution is -2.16. The number of hydrogen-bond acceptors (Lipinski definition) is 5. The molecule has 2 aromatic rings. The molecule has 26 heavy (non-hydrogen) atoms. The summed E-state index contributed by atoms with van der Waals surface area (Å²) < 4.78 is 4.59. The third-order valence-corrected chi connectivity index (χ3v) is 3.41. The van der Waals surface area contributed by atoms with E-state index in [9.17, 15) is 19.6 Å². The number of amides is 1. The van der Waals surface area contributed by atoms with Crippen LogP contribution in [0.3, 0.4) is 0 Å². The number of rotatable bonds is 5. The first-order valence-corrected chi connectivity index (χ1v) is 7.40. The Morgan fingerprint density at radius 3 is 2.35 bits per heavy atom. The Morgan fingerprint density at radius 2 is 1.77 bits per heavy atom. The maximum absolute atomic E-state index is 12.3. The van der Waals surface area contributed by atoms with Gasteiger partial charge in [0, 0.05) is 0 Å². The number of nitrogens with one attached hydrogen (secondary N) is 1. The molecule has 0 saturated carbocycles. The van der Waals surface area contributed by atoms with Gasteiger partial charge in [0.15, 0.2) is 0 Å². The number of nitriles is 1. The summed E-state index contributed by atoms with van der Waals surface area (Å²) in [4.78, 5) is 34.9. The van der Waals surface area contributed by atoms with Gasteiger partial charge in [0.05, 0.1) is 23.9 Å². The highest BCUT2D eigenvalue weighted by molar-refractivity contribution is 6.11. The summed E-state index contributed by atoms with van der Waals surface area (Å²) in [5.41, 5.74) is 0.655. The normalized spacial score (nSPS) is 10.5. The Balaban J connectivity index is 2.24. The van der Waals surface area contributed by atoms with Crippen molar-refractivity contribution in [2.24, 2.45) is 0 Å². The number of carboxylic acids is 1. The summed E-state index contributed by atoms with van der Waals surface area (Å²) in [5.74, 6) is -2.43. The number of benzene rings is 2. The number of carbonyl (C=O) groups excluding carboxylic acids is 2. The second-order valence-corrected chi connectivity index (χ2v) is 5.09. The Kier molecular flexibility index (Phi) is 5.85.